The van der Waals surface area contributed by atoms with Crippen molar-refractivity contribution in [1.29, 1.82) is 0 Å². The van der Waals surface area contributed by atoms with Crippen LogP contribution in [0.25, 0.3) is 0 Å². The van der Waals surface area contributed by atoms with Gasteiger partial charge in [0.05, 0.1) is 12.1 Å². The largest absolute Gasteiger partial charge is 0.391 e. The number of aliphatic hydroxyl groups excluding tert-OH is 1. The third kappa shape index (κ3) is 5.30. The highest BCUT2D eigenvalue weighted by molar-refractivity contribution is 8.00. The van der Waals surface area contributed by atoms with Crippen molar-refractivity contribution in [3.05, 3.63) is 29.8 Å². The Bertz CT molecular complexity index is 350. The van der Waals surface area contributed by atoms with E-state index >= 15 is 0 Å². The number of benzene rings is 1. The summed E-state index contributed by atoms with van der Waals surface area (Å²) < 4.78 is 0.147. The van der Waals surface area contributed by atoms with E-state index in [2.05, 4.69) is 26.8 Å². The Balaban J connectivity index is 0.00000256. The SMILES string of the molecule is C[C@H](O)[C@H](N)c1ccccc1SC(C)(C)C.Cl. The summed E-state index contributed by atoms with van der Waals surface area (Å²) in [7, 11) is 0. The summed E-state index contributed by atoms with van der Waals surface area (Å²) >= 11 is 1.78. The van der Waals surface area contributed by atoms with Crippen molar-refractivity contribution in [2.75, 3.05) is 0 Å². The van der Waals surface area contributed by atoms with Crippen LogP contribution in [0, 0.1) is 0 Å². The number of aliphatic hydroxyl groups is 1. The Morgan fingerprint density at radius 1 is 1.24 bits per heavy atom. The lowest BCUT2D eigenvalue weighted by molar-refractivity contribution is 0.163. The summed E-state index contributed by atoms with van der Waals surface area (Å²) in [5.41, 5.74) is 7.02. The second-order valence-corrected chi connectivity index (χ2v) is 6.89. The lowest BCUT2D eigenvalue weighted by Gasteiger charge is -2.23. The van der Waals surface area contributed by atoms with Crippen molar-refractivity contribution in [2.24, 2.45) is 5.73 Å². The second kappa shape index (κ2) is 6.64. The summed E-state index contributed by atoms with van der Waals surface area (Å²) in [6, 6.07) is 7.71. The fourth-order valence-electron chi connectivity index (χ4n) is 1.44. The Morgan fingerprint density at radius 3 is 2.24 bits per heavy atom. The van der Waals surface area contributed by atoms with Gasteiger partial charge < -0.3 is 10.8 Å². The molecule has 0 aliphatic carbocycles. The standard InChI is InChI=1S/C13H21NOS.ClH/c1-9(15)12(14)10-7-5-6-8-11(10)16-13(2,3)4;/h5-9,12,15H,14H2,1-4H3;1H/t9-,12-;/m0./s1. The highest BCUT2D eigenvalue weighted by atomic mass is 35.5. The van der Waals surface area contributed by atoms with Crippen LogP contribution in [0.2, 0.25) is 0 Å². The van der Waals surface area contributed by atoms with Crippen LogP contribution in [0.5, 0.6) is 0 Å². The lowest BCUT2D eigenvalue weighted by atomic mass is 10.0. The molecule has 4 heteroatoms. The van der Waals surface area contributed by atoms with Gasteiger partial charge in [-0.2, -0.15) is 0 Å². The van der Waals surface area contributed by atoms with Crippen LogP contribution in [0.4, 0.5) is 0 Å². The van der Waals surface area contributed by atoms with E-state index in [4.69, 9.17) is 5.73 Å². The number of hydrogen-bond acceptors (Lipinski definition) is 3. The minimum atomic E-state index is -0.526. The van der Waals surface area contributed by atoms with Crippen molar-refractivity contribution < 1.29 is 5.11 Å². The van der Waals surface area contributed by atoms with Crippen LogP contribution in [0.1, 0.15) is 39.3 Å². The molecule has 1 rings (SSSR count). The quantitative estimate of drug-likeness (QED) is 0.832. The molecule has 0 spiro atoms. The van der Waals surface area contributed by atoms with Gasteiger partial charge in [0.2, 0.25) is 0 Å². The number of rotatable bonds is 3. The molecule has 3 N–H and O–H groups in total. The van der Waals surface area contributed by atoms with Crippen LogP contribution >= 0.6 is 24.2 Å². The number of hydrogen-bond donors (Lipinski definition) is 2. The van der Waals surface area contributed by atoms with Crippen LogP contribution in [-0.2, 0) is 0 Å². The molecule has 0 fully saturated rings. The monoisotopic (exact) mass is 275 g/mol. The first kappa shape index (κ1) is 16.8. The molecule has 0 saturated heterocycles. The normalized spacial score (nSPS) is 14.9. The molecule has 0 aliphatic heterocycles. The van der Waals surface area contributed by atoms with E-state index < -0.39 is 6.10 Å². The molecule has 0 saturated carbocycles. The first-order valence-corrected chi connectivity index (χ1v) is 6.34. The second-order valence-electron chi connectivity index (χ2n) is 5.02. The van der Waals surface area contributed by atoms with E-state index in [-0.39, 0.29) is 23.2 Å². The van der Waals surface area contributed by atoms with E-state index in [0.29, 0.717) is 0 Å². The summed E-state index contributed by atoms with van der Waals surface area (Å²) in [5, 5.41) is 9.56. The maximum Gasteiger partial charge on any atom is 0.0705 e. The summed E-state index contributed by atoms with van der Waals surface area (Å²) in [6.07, 6.45) is -0.526. The van der Waals surface area contributed by atoms with Gasteiger partial charge in [0.1, 0.15) is 0 Å². The Hall–Kier alpha value is -0.220. The Labute approximate surface area is 114 Å². The maximum absolute atomic E-state index is 9.56. The van der Waals surface area contributed by atoms with Crippen molar-refractivity contribution in [1.82, 2.24) is 0 Å². The Morgan fingerprint density at radius 2 is 1.76 bits per heavy atom. The zero-order valence-electron chi connectivity index (χ0n) is 10.8. The zero-order valence-corrected chi connectivity index (χ0v) is 12.4. The smallest absolute Gasteiger partial charge is 0.0705 e. The third-order valence-corrected chi connectivity index (χ3v) is 3.42. The zero-order chi connectivity index (χ0) is 12.3. The molecule has 0 aliphatic rings. The molecule has 98 valence electrons. The molecular weight excluding hydrogens is 254 g/mol. The third-order valence-electron chi connectivity index (χ3n) is 2.21. The predicted molar refractivity (Wildman–Crippen MR) is 77.9 cm³/mol. The number of thioether (sulfide) groups is 1. The number of nitrogens with two attached hydrogens (primary N) is 1. The number of halogens is 1. The maximum atomic E-state index is 9.56. The van der Waals surface area contributed by atoms with Crippen LogP contribution < -0.4 is 5.73 Å². The van der Waals surface area contributed by atoms with Gasteiger partial charge in [-0.3, -0.25) is 0 Å². The molecule has 0 radical (unpaired) electrons. The average Bonchev–Trinajstić information content (AvgIpc) is 2.15. The van der Waals surface area contributed by atoms with Crippen LogP contribution in [0.15, 0.2) is 29.2 Å². The van der Waals surface area contributed by atoms with Crippen molar-refractivity contribution in [3.63, 3.8) is 0 Å². The van der Waals surface area contributed by atoms with Gasteiger partial charge in [-0.1, -0.05) is 39.0 Å². The molecule has 1 aromatic carbocycles. The minimum absolute atomic E-state index is 0. The van der Waals surface area contributed by atoms with Gasteiger partial charge >= 0.3 is 0 Å². The first-order chi connectivity index (χ1) is 7.31. The fraction of sp³-hybridized carbons (Fsp3) is 0.538. The van der Waals surface area contributed by atoms with Gasteiger partial charge in [0.25, 0.3) is 0 Å². The van der Waals surface area contributed by atoms with Gasteiger partial charge in [-0.05, 0) is 18.6 Å². The van der Waals surface area contributed by atoms with E-state index in [9.17, 15) is 5.11 Å². The van der Waals surface area contributed by atoms with Gasteiger partial charge in [-0.25, -0.2) is 0 Å². The van der Waals surface area contributed by atoms with Crippen molar-refractivity contribution in [2.45, 2.75) is 49.5 Å². The van der Waals surface area contributed by atoms with E-state index in [1.54, 1.807) is 18.7 Å². The molecule has 0 bridgehead atoms. The summed E-state index contributed by atoms with van der Waals surface area (Å²) in [5.74, 6) is 0. The van der Waals surface area contributed by atoms with Gasteiger partial charge in [0, 0.05) is 9.64 Å². The lowest BCUT2D eigenvalue weighted by Crippen LogP contribution is -2.24. The Kier molecular flexibility index (Phi) is 6.56. The summed E-state index contributed by atoms with van der Waals surface area (Å²) in [4.78, 5) is 1.16. The van der Waals surface area contributed by atoms with Gasteiger partial charge in [0.15, 0.2) is 0 Å². The van der Waals surface area contributed by atoms with E-state index in [1.165, 1.54) is 0 Å². The first-order valence-electron chi connectivity index (χ1n) is 5.53. The molecule has 2 atom stereocenters. The fourth-order valence-corrected chi connectivity index (χ4v) is 2.57. The van der Waals surface area contributed by atoms with E-state index in [0.717, 1.165) is 10.5 Å². The van der Waals surface area contributed by atoms with Gasteiger partial charge in [-0.15, -0.1) is 24.2 Å². The van der Waals surface area contributed by atoms with Crippen LogP contribution in [0.3, 0.4) is 0 Å². The molecule has 0 amide bonds. The molecule has 0 unspecified atom stereocenters. The molecule has 1 aromatic rings. The molecule has 17 heavy (non-hydrogen) atoms. The predicted octanol–water partition coefficient (Wildman–Crippen LogP) is 3.38. The highest BCUT2D eigenvalue weighted by Crippen LogP contribution is 2.36. The van der Waals surface area contributed by atoms with Crippen molar-refractivity contribution in [3.8, 4) is 0 Å². The molecule has 2 nitrogen and oxygen atoms in total. The molecule has 0 heterocycles. The summed E-state index contributed by atoms with van der Waals surface area (Å²) in [6.45, 7) is 8.23. The highest BCUT2D eigenvalue weighted by Gasteiger charge is 2.19. The molecule has 0 aromatic heterocycles. The average molecular weight is 276 g/mol. The topological polar surface area (TPSA) is 46.2 Å². The van der Waals surface area contributed by atoms with Crippen molar-refractivity contribution >= 4 is 24.2 Å². The van der Waals surface area contributed by atoms with Crippen LogP contribution in [-0.4, -0.2) is 16.0 Å². The minimum Gasteiger partial charge on any atom is -0.391 e. The van der Waals surface area contributed by atoms with E-state index in [1.807, 2.05) is 18.2 Å². The molecular formula is C13H22ClNOS.